The highest BCUT2D eigenvalue weighted by Gasteiger charge is 2.08. The molecule has 0 heterocycles. The van der Waals surface area contributed by atoms with Gasteiger partial charge in [-0.3, -0.25) is 0 Å². The van der Waals surface area contributed by atoms with E-state index in [1.807, 2.05) is 19.9 Å². The Morgan fingerprint density at radius 2 is 1.59 bits per heavy atom. The number of nitrogens with one attached hydrogen (secondary N) is 1. The van der Waals surface area contributed by atoms with Crippen molar-refractivity contribution in [1.82, 2.24) is 5.32 Å². The summed E-state index contributed by atoms with van der Waals surface area (Å²) < 4.78 is 11.4. The molecule has 22 heavy (non-hydrogen) atoms. The molecule has 0 aliphatic rings. The maximum Gasteiger partial charge on any atom is 0.131 e. The number of rotatable bonds is 7. The molecule has 0 spiro atoms. The third kappa shape index (κ3) is 4.22. The fourth-order valence-electron chi connectivity index (χ4n) is 1.84. The molecular formula is C16H24N4O2. The van der Waals surface area contributed by atoms with Crippen LogP contribution < -0.4 is 36.7 Å². The third-order valence-corrected chi connectivity index (χ3v) is 2.98. The minimum atomic E-state index is 0.0852. The summed E-state index contributed by atoms with van der Waals surface area (Å²) >= 11 is 0. The van der Waals surface area contributed by atoms with Gasteiger partial charge >= 0.3 is 0 Å². The molecule has 1 rings (SSSR count). The number of hydrogen-bond donors (Lipinski definition) is 3. The fraction of sp³-hybridized carbons (Fsp3) is 0.438. The number of benzene rings is 1. The van der Waals surface area contributed by atoms with Gasteiger partial charge in [0, 0.05) is 7.05 Å². The van der Waals surface area contributed by atoms with Gasteiger partial charge in [-0.2, -0.15) is 5.26 Å². The van der Waals surface area contributed by atoms with Gasteiger partial charge in [0.05, 0.1) is 23.7 Å². The van der Waals surface area contributed by atoms with Crippen molar-refractivity contribution < 1.29 is 9.47 Å². The maximum atomic E-state index is 9.08. The highest BCUT2D eigenvalue weighted by atomic mass is 16.5. The van der Waals surface area contributed by atoms with E-state index in [2.05, 4.69) is 5.32 Å². The molecule has 6 heteroatoms. The highest BCUT2D eigenvalue weighted by molar-refractivity contribution is 5.60. The molecule has 1 aromatic carbocycles. The molecule has 0 bridgehead atoms. The largest absolute Gasteiger partial charge is 0.493 e. The first-order valence-electron chi connectivity index (χ1n) is 7.36. The monoisotopic (exact) mass is 304 g/mol. The number of nitrogens with zero attached hydrogens (tertiary/aromatic N) is 1. The Hall–Kier alpha value is -2.55. The lowest BCUT2D eigenvalue weighted by atomic mass is 10.2. The molecule has 0 amide bonds. The van der Waals surface area contributed by atoms with E-state index in [4.69, 9.17) is 26.2 Å². The average Bonchev–Trinajstić information content (AvgIpc) is 2.56. The Morgan fingerprint density at radius 1 is 1.09 bits per heavy atom. The average molecular weight is 304 g/mol. The van der Waals surface area contributed by atoms with Gasteiger partial charge in [-0.15, -0.1) is 0 Å². The van der Waals surface area contributed by atoms with Crippen LogP contribution in [0.15, 0.2) is 12.1 Å². The number of nitrogens with two attached hydrogens (primary N) is 2. The second-order valence-electron chi connectivity index (χ2n) is 4.73. The van der Waals surface area contributed by atoms with E-state index in [1.165, 1.54) is 0 Å². The Balaban J connectivity index is 3.62. The topological polar surface area (TPSA) is 106 Å². The van der Waals surface area contributed by atoms with Crippen molar-refractivity contribution in [2.45, 2.75) is 26.7 Å². The van der Waals surface area contributed by atoms with Crippen LogP contribution in [0.4, 0.5) is 0 Å². The van der Waals surface area contributed by atoms with Crippen LogP contribution in [0.5, 0.6) is 11.5 Å². The zero-order valence-corrected chi connectivity index (χ0v) is 13.4. The molecule has 120 valence electrons. The molecule has 0 aliphatic heterocycles. The summed E-state index contributed by atoms with van der Waals surface area (Å²) in [5.41, 5.74) is 11.9. The van der Waals surface area contributed by atoms with Crippen LogP contribution in [0.2, 0.25) is 0 Å². The number of hydrogen-bond acceptors (Lipinski definition) is 6. The summed E-state index contributed by atoms with van der Waals surface area (Å²) in [6, 6.07) is 5.41. The summed E-state index contributed by atoms with van der Waals surface area (Å²) in [5.74, 6) is 1.57. The predicted octanol–water partition coefficient (Wildman–Crippen LogP) is 0.0985. The second kappa shape index (κ2) is 8.67. The molecule has 6 nitrogen and oxygen atoms in total. The van der Waals surface area contributed by atoms with Crippen molar-refractivity contribution in [3.8, 4) is 17.6 Å². The van der Waals surface area contributed by atoms with Crippen molar-refractivity contribution in [2.75, 3.05) is 20.3 Å². The maximum absolute atomic E-state index is 9.08. The lowest BCUT2D eigenvalue weighted by Crippen LogP contribution is -2.28. The number of ether oxygens (including phenoxy) is 2. The van der Waals surface area contributed by atoms with Gasteiger partial charge in [0.1, 0.15) is 29.1 Å². The lowest BCUT2D eigenvalue weighted by Gasteiger charge is -2.12. The summed E-state index contributed by atoms with van der Waals surface area (Å²) in [7, 11) is 1.73. The van der Waals surface area contributed by atoms with Crippen molar-refractivity contribution in [1.29, 1.82) is 5.26 Å². The third-order valence-electron chi connectivity index (χ3n) is 2.98. The molecule has 0 saturated carbocycles. The zero-order chi connectivity index (χ0) is 16.5. The predicted molar refractivity (Wildman–Crippen MR) is 87.1 cm³/mol. The Kier molecular flexibility index (Phi) is 6.90. The van der Waals surface area contributed by atoms with E-state index < -0.39 is 0 Å². The zero-order valence-electron chi connectivity index (χ0n) is 13.4. The standard InChI is InChI=1S/C16H24N4O2/c1-4-6-21-14-9-12(16(19)20-3)15(22-7-5-2)8-11(14)13(18)10-17/h8-9,20H,4-7,18-19H2,1-3H3. The fourth-order valence-corrected chi connectivity index (χ4v) is 1.84. The second-order valence-corrected chi connectivity index (χ2v) is 4.73. The van der Waals surface area contributed by atoms with Crippen molar-refractivity contribution >= 4 is 11.5 Å². The molecule has 0 aliphatic carbocycles. The minimum absolute atomic E-state index is 0.0852. The SMILES string of the molecule is CCCOc1cc(=C(N)NC)c(OCCC)cc1=C(N)C#N. The molecule has 0 aromatic heterocycles. The Bertz CT molecular complexity index is 662. The van der Waals surface area contributed by atoms with E-state index in [-0.39, 0.29) is 5.70 Å². The highest BCUT2D eigenvalue weighted by Crippen LogP contribution is 2.09. The summed E-state index contributed by atoms with van der Waals surface area (Å²) in [6.45, 7) is 5.09. The van der Waals surface area contributed by atoms with Crippen LogP contribution in [-0.4, -0.2) is 20.3 Å². The first kappa shape index (κ1) is 17.5. The van der Waals surface area contributed by atoms with E-state index >= 15 is 0 Å². The first-order chi connectivity index (χ1) is 10.6. The molecule has 0 fully saturated rings. The lowest BCUT2D eigenvalue weighted by molar-refractivity contribution is 0.304. The van der Waals surface area contributed by atoms with Gasteiger partial charge in [0.15, 0.2) is 0 Å². The van der Waals surface area contributed by atoms with Crippen LogP contribution in [0.1, 0.15) is 26.7 Å². The number of nitriles is 1. The van der Waals surface area contributed by atoms with E-state index in [9.17, 15) is 0 Å². The van der Waals surface area contributed by atoms with Crippen LogP contribution in [0.25, 0.3) is 11.5 Å². The first-order valence-corrected chi connectivity index (χ1v) is 7.36. The summed E-state index contributed by atoms with van der Waals surface area (Å²) in [5, 5.41) is 13.2. The molecule has 0 atom stereocenters. The van der Waals surface area contributed by atoms with Crippen LogP contribution in [-0.2, 0) is 0 Å². The van der Waals surface area contributed by atoms with E-state index in [1.54, 1.807) is 19.2 Å². The van der Waals surface area contributed by atoms with Crippen molar-refractivity contribution in [3.63, 3.8) is 0 Å². The van der Waals surface area contributed by atoms with Crippen molar-refractivity contribution in [3.05, 3.63) is 22.6 Å². The molecule has 1 aromatic rings. The normalized spacial score (nSPS) is 13.0. The van der Waals surface area contributed by atoms with E-state index in [0.717, 1.165) is 12.8 Å². The minimum Gasteiger partial charge on any atom is -0.493 e. The van der Waals surface area contributed by atoms with Crippen LogP contribution in [0, 0.1) is 11.3 Å². The van der Waals surface area contributed by atoms with Gasteiger partial charge < -0.3 is 26.3 Å². The Labute approximate surface area is 131 Å². The molecule has 0 saturated heterocycles. The molecular weight excluding hydrogens is 280 g/mol. The summed E-state index contributed by atoms with van der Waals surface area (Å²) in [4.78, 5) is 0. The van der Waals surface area contributed by atoms with Gasteiger partial charge in [-0.05, 0) is 25.0 Å². The molecule has 0 radical (unpaired) electrons. The van der Waals surface area contributed by atoms with E-state index in [0.29, 0.717) is 41.0 Å². The van der Waals surface area contributed by atoms with Crippen molar-refractivity contribution in [2.24, 2.45) is 11.5 Å². The quantitative estimate of drug-likeness (QED) is 0.659. The summed E-state index contributed by atoms with van der Waals surface area (Å²) in [6.07, 6.45) is 1.71. The van der Waals surface area contributed by atoms with Gasteiger partial charge in [0.25, 0.3) is 0 Å². The van der Waals surface area contributed by atoms with Gasteiger partial charge in [0.2, 0.25) is 0 Å². The van der Waals surface area contributed by atoms with Crippen LogP contribution in [0.3, 0.4) is 0 Å². The van der Waals surface area contributed by atoms with Gasteiger partial charge in [-0.1, -0.05) is 13.8 Å². The molecule has 5 N–H and O–H groups in total. The molecule has 0 unspecified atom stereocenters. The van der Waals surface area contributed by atoms with Gasteiger partial charge in [-0.25, -0.2) is 0 Å². The smallest absolute Gasteiger partial charge is 0.131 e. The van der Waals surface area contributed by atoms with Crippen LogP contribution >= 0.6 is 0 Å². The Morgan fingerprint density at radius 3 is 2.05 bits per heavy atom.